The number of hydrazine groups is 1. The lowest BCUT2D eigenvalue weighted by Crippen LogP contribution is -2.44. The molecule has 1 saturated carbocycles. The number of nitrogens with one attached hydrogen (secondary N) is 2. The maximum Gasteiger partial charge on any atom is 0.262 e. The Hall–Kier alpha value is -2.62. The van der Waals surface area contributed by atoms with E-state index in [-0.39, 0.29) is 17.7 Å². The highest BCUT2D eigenvalue weighted by Crippen LogP contribution is 2.23. The number of fused-ring (bicyclic) bond motifs is 1. The zero-order valence-corrected chi connectivity index (χ0v) is 13.6. The molecular formula is C20H22N2O2. The summed E-state index contributed by atoms with van der Waals surface area (Å²) in [6.45, 7) is 0. The molecule has 24 heavy (non-hydrogen) atoms. The van der Waals surface area contributed by atoms with Crippen molar-refractivity contribution in [1.82, 2.24) is 10.9 Å². The standard InChI is InChI=1S/C20H22N2O2/c23-19(21-22-20(24)17-8-2-1-3-9-17)14-13-16-11-6-10-15-7-4-5-12-18(15)16/h4-7,10-14,17H,1-3,8-9H2,(H,21,23)(H,22,24)/b14-13+. The van der Waals surface area contributed by atoms with Gasteiger partial charge in [0.05, 0.1) is 0 Å². The molecule has 2 amide bonds. The summed E-state index contributed by atoms with van der Waals surface area (Å²) in [5.41, 5.74) is 5.98. The van der Waals surface area contributed by atoms with E-state index in [0.29, 0.717) is 0 Å². The molecular weight excluding hydrogens is 300 g/mol. The van der Waals surface area contributed by atoms with Crippen LogP contribution in [-0.2, 0) is 9.59 Å². The van der Waals surface area contributed by atoms with Crippen LogP contribution in [0.5, 0.6) is 0 Å². The molecule has 0 bridgehead atoms. The monoisotopic (exact) mass is 322 g/mol. The molecule has 1 aliphatic carbocycles. The Bertz CT molecular complexity index is 756. The number of carbonyl (C=O) groups is 2. The molecule has 1 fully saturated rings. The summed E-state index contributed by atoms with van der Waals surface area (Å²) in [5.74, 6) is -0.380. The Morgan fingerprint density at radius 3 is 2.50 bits per heavy atom. The average Bonchev–Trinajstić information content (AvgIpc) is 2.65. The lowest BCUT2D eigenvalue weighted by Gasteiger charge is -2.20. The Kier molecular flexibility index (Phi) is 5.26. The van der Waals surface area contributed by atoms with Crippen molar-refractivity contribution in [2.45, 2.75) is 32.1 Å². The van der Waals surface area contributed by atoms with Crippen molar-refractivity contribution in [3.05, 3.63) is 54.1 Å². The fourth-order valence-electron chi connectivity index (χ4n) is 3.19. The summed E-state index contributed by atoms with van der Waals surface area (Å²) in [6, 6.07) is 14.0. The average molecular weight is 322 g/mol. The van der Waals surface area contributed by atoms with Crippen molar-refractivity contribution in [1.29, 1.82) is 0 Å². The van der Waals surface area contributed by atoms with Gasteiger partial charge in [-0.3, -0.25) is 20.4 Å². The molecule has 3 rings (SSSR count). The minimum absolute atomic E-state index is 0.0288. The van der Waals surface area contributed by atoms with Crippen LogP contribution in [0.15, 0.2) is 48.5 Å². The first kappa shape index (κ1) is 16.2. The van der Waals surface area contributed by atoms with E-state index in [1.807, 2.05) is 42.5 Å². The van der Waals surface area contributed by atoms with E-state index in [4.69, 9.17) is 0 Å². The number of hydrogen-bond acceptors (Lipinski definition) is 2. The smallest absolute Gasteiger partial charge is 0.262 e. The molecule has 0 atom stereocenters. The third kappa shape index (κ3) is 4.02. The minimum Gasteiger partial charge on any atom is -0.273 e. The summed E-state index contributed by atoms with van der Waals surface area (Å²) >= 11 is 0. The number of benzene rings is 2. The zero-order chi connectivity index (χ0) is 16.8. The quantitative estimate of drug-likeness (QED) is 0.670. The summed E-state index contributed by atoms with van der Waals surface area (Å²) in [7, 11) is 0. The Labute approximate surface area is 141 Å². The van der Waals surface area contributed by atoms with Gasteiger partial charge in [-0.15, -0.1) is 0 Å². The molecule has 2 aromatic carbocycles. The van der Waals surface area contributed by atoms with E-state index in [1.165, 1.54) is 12.5 Å². The van der Waals surface area contributed by atoms with Crippen LogP contribution in [0.4, 0.5) is 0 Å². The highest BCUT2D eigenvalue weighted by atomic mass is 16.2. The maximum atomic E-state index is 12.0. The summed E-state index contributed by atoms with van der Waals surface area (Å²) in [4.78, 5) is 23.9. The number of hydrogen-bond donors (Lipinski definition) is 2. The maximum absolute atomic E-state index is 12.0. The summed E-state index contributed by atoms with van der Waals surface area (Å²) in [5, 5.41) is 2.22. The fourth-order valence-corrected chi connectivity index (χ4v) is 3.19. The van der Waals surface area contributed by atoms with Gasteiger partial charge in [0.15, 0.2) is 0 Å². The topological polar surface area (TPSA) is 58.2 Å². The van der Waals surface area contributed by atoms with Crippen molar-refractivity contribution in [3.8, 4) is 0 Å². The van der Waals surface area contributed by atoms with Gasteiger partial charge in [-0.2, -0.15) is 0 Å². The van der Waals surface area contributed by atoms with Gasteiger partial charge < -0.3 is 0 Å². The third-order valence-corrected chi connectivity index (χ3v) is 4.52. The van der Waals surface area contributed by atoms with E-state index in [0.717, 1.165) is 42.0 Å². The van der Waals surface area contributed by atoms with E-state index in [9.17, 15) is 9.59 Å². The summed E-state index contributed by atoms with van der Waals surface area (Å²) < 4.78 is 0. The normalized spacial score (nSPS) is 15.5. The number of rotatable bonds is 3. The Balaban J connectivity index is 1.58. The van der Waals surface area contributed by atoms with Gasteiger partial charge >= 0.3 is 0 Å². The van der Waals surface area contributed by atoms with Gasteiger partial charge in [0.25, 0.3) is 5.91 Å². The van der Waals surface area contributed by atoms with Crippen LogP contribution in [0, 0.1) is 5.92 Å². The highest BCUT2D eigenvalue weighted by molar-refractivity contribution is 5.97. The van der Waals surface area contributed by atoms with Crippen LogP contribution in [0.2, 0.25) is 0 Å². The molecule has 124 valence electrons. The van der Waals surface area contributed by atoms with Crippen molar-refractivity contribution < 1.29 is 9.59 Å². The second kappa shape index (κ2) is 7.77. The molecule has 0 saturated heterocycles. The molecule has 0 aromatic heterocycles. The van der Waals surface area contributed by atoms with Crippen molar-refractivity contribution in [2.24, 2.45) is 5.92 Å². The van der Waals surface area contributed by atoms with Gasteiger partial charge in [-0.25, -0.2) is 0 Å². The van der Waals surface area contributed by atoms with Gasteiger partial charge in [-0.1, -0.05) is 61.7 Å². The second-order valence-corrected chi connectivity index (χ2v) is 6.22. The van der Waals surface area contributed by atoms with E-state index < -0.39 is 0 Å². The molecule has 4 nitrogen and oxygen atoms in total. The van der Waals surface area contributed by atoms with Gasteiger partial charge in [0, 0.05) is 12.0 Å². The first-order chi connectivity index (χ1) is 11.7. The molecule has 1 aliphatic rings. The van der Waals surface area contributed by atoms with Crippen molar-refractivity contribution >= 4 is 28.7 Å². The first-order valence-corrected chi connectivity index (χ1v) is 8.50. The molecule has 0 heterocycles. The van der Waals surface area contributed by atoms with Gasteiger partial charge in [0.1, 0.15) is 0 Å². The second-order valence-electron chi connectivity index (χ2n) is 6.22. The van der Waals surface area contributed by atoms with Crippen LogP contribution in [-0.4, -0.2) is 11.8 Å². The molecule has 2 N–H and O–H groups in total. The minimum atomic E-state index is -0.327. The third-order valence-electron chi connectivity index (χ3n) is 4.52. The lowest BCUT2D eigenvalue weighted by atomic mass is 9.89. The van der Waals surface area contributed by atoms with E-state index >= 15 is 0 Å². The van der Waals surface area contributed by atoms with Gasteiger partial charge in [-0.05, 0) is 35.3 Å². The highest BCUT2D eigenvalue weighted by Gasteiger charge is 2.20. The van der Waals surface area contributed by atoms with E-state index in [1.54, 1.807) is 6.08 Å². The fraction of sp³-hybridized carbons (Fsp3) is 0.300. The van der Waals surface area contributed by atoms with Crippen LogP contribution in [0.25, 0.3) is 16.8 Å². The SMILES string of the molecule is O=C(/C=C/c1cccc2ccccc12)NNC(=O)C1CCCCC1. The predicted molar refractivity (Wildman–Crippen MR) is 95.8 cm³/mol. The van der Waals surface area contributed by atoms with Crippen LogP contribution >= 0.6 is 0 Å². The molecule has 0 unspecified atom stereocenters. The first-order valence-electron chi connectivity index (χ1n) is 8.50. The van der Waals surface area contributed by atoms with Crippen LogP contribution in [0.1, 0.15) is 37.7 Å². The van der Waals surface area contributed by atoms with E-state index in [2.05, 4.69) is 10.9 Å². The zero-order valence-electron chi connectivity index (χ0n) is 13.6. The van der Waals surface area contributed by atoms with Gasteiger partial charge in [0.2, 0.25) is 5.91 Å². The number of carbonyl (C=O) groups excluding carboxylic acids is 2. The van der Waals surface area contributed by atoms with Crippen molar-refractivity contribution in [3.63, 3.8) is 0 Å². The predicted octanol–water partition coefficient (Wildman–Crippen LogP) is 3.58. The molecule has 0 spiro atoms. The Morgan fingerprint density at radius 1 is 0.917 bits per heavy atom. The number of amides is 2. The largest absolute Gasteiger partial charge is 0.273 e. The van der Waals surface area contributed by atoms with Crippen molar-refractivity contribution in [2.75, 3.05) is 0 Å². The lowest BCUT2D eigenvalue weighted by molar-refractivity contribution is -0.130. The molecule has 0 radical (unpaired) electrons. The van der Waals surface area contributed by atoms with Crippen LogP contribution < -0.4 is 10.9 Å². The van der Waals surface area contributed by atoms with Crippen LogP contribution in [0.3, 0.4) is 0 Å². The Morgan fingerprint density at radius 2 is 1.67 bits per heavy atom. The molecule has 2 aromatic rings. The summed E-state index contributed by atoms with van der Waals surface area (Å²) in [6.07, 6.45) is 8.42. The molecule has 0 aliphatic heterocycles. The molecule has 4 heteroatoms.